The lowest BCUT2D eigenvalue weighted by Gasteiger charge is -1.98. The lowest BCUT2D eigenvalue weighted by atomic mass is 10.1. The van der Waals surface area contributed by atoms with Gasteiger partial charge in [0, 0.05) is 23.3 Å². The van der Waals surface area contributed by atoms with Gasteiger partial charge in [0.15, 0.2) is 18.2 Å². The number of carbonyl (C=O) groups is 2. The van der Waals surface area contributed by atoms with Crippen LogP contribution in [0.4, 0.5) is 0 Å². The molecule has 0 bridgehead atoms. The minimum Gasteiger partial charge on any atom is -0.295 e. The van der Waals surface area contributed by atoms with Crippen molar-refractivity contribution in [3.8, 4) is 0 Å². The van der Waals surface area contributed by atoms with E-state index < -0.39 is 0 Å². The molecule has 1 heterocycles. The van der Waals surface area contributed by atoms with Gasteiger partial charge >= 0.3 is 0 Å². The zero-order chi connectivity index (χ0) is 13.0. The topological polar surface area (TPSA) is 38.0 Å². The van der Waals surface area contributed by atoms with Crippen LogP contribution in [0.5, 0.6) is 0 Å². The summed E-state index contributed by atoms with van der Waals surface area (Å²) in [5, 5.41) is 0. The summed E-state index contributed by atoms with van der Waals surface area (Å²) in [5.41, 5.74) is 1.35. The first-order valence-corrected chi connectivity index (χ1v) is 5.75. The van der Waals surface area contributed by atoms with Crippen molar-refractivity contribution >= 4 is 28.5 Å². The number of benzene rings is 1. The molecule has 0 radical (unpaired) electrons. The highest BCUT2D eigenvalue weighted by atomic mass is 79.9. The zero-order valence-corrected chi connectivity index (χ0v) is 12.3. The summed E-state index contributed by atoms with van der Waals surface area (Å²) in [6, 6.07) is 12.6. The van der Waals surface area contributed by atoms with E-state index >= 15 is 0 Å². The van der Waals surface area contributed by atoms with Gasteiger partial charge in [0.1, 0.15) is 0 Å². The van der Waals surface area contributed by atoms with Crippen molar-refractivity contribution in [2.45, 2.75) is 13.5 Å². The third-order valence-electron chi connectivity index (χ3n) is 2.72. The first-order chi connectivity index (χ1) is 8.66. The van der Waals surface area contributed by atoms with E-state index in [2.05, 4.69) is 0 Å². The molecule has 2 rings (SSSR count). The molecule has 0 aliphatic carbocycles. The first-order valence-electron chi connectivity index (χ1n) is 5.75. The molecule has 0 spiro atoms. The van der Waals surface area contributed by atoms with E-state index in [4.69, 9.17) is 0 Å². The summed E-state index contributed by atoms with van der Waals surface area (Å²) >= 11 is 0. The van der Waals surface area contributed by atoms with Gasteiger partial charge in [-0.25, -0.2) is 0 Å². The van der Waals surface area contributed by atoms with Crippen molar-refractivity contribution in [3.63, 3.8) is 0 Å². The van der Waals surface area contributed by atoms with Gasteiger partial charge in [-0.1, -0.05) is 30.3 Å². The molecule has 0 unspecified atom stereocenters. The van der Waals surface area contributed by atoms with Crippen LogP contribution in [-0.4, -0.2) is 11.6 Å². The lowest BCUT2D eigenvalue weighted by molar-refractivity contribution is -0.683. The van der Waals surface area contributed by atoms with Crippen LogP contribution in [0.25, 0.3) is 0 Å². The van der Waals surface area contributed by atoms with E-state index in [1.807, 2.05) is 18.2 Å². The summed E-state index contributed by atoms with van der Waals surface area (Å²) in [6.45, 7) is 1.80. The Morgan fingerprint density at radius 2 is 1.53 bits per heavy atom. The van der Waals surface area contributed by atoms with Crippen LogP contribution < -0.4 is 4.57 Å². The van der Waals surface area contributed by atoms with Crippen molar-refractivity contribution < 1.29 is 14.2 Å². The molecule has 0 amide bonds. The maximum absolute atomic E-state index is 11.9. The van der Waals surface area contributed by atoms with E-state index in [-0.39, 0.29) is 35.1 Å². The second-order valence-corrected chi connectivity index (χ2v) is 4.10. The molecule has 0 aliphatic rings. The van der Waals surface area contributed by atoms with Crippen LogP contribution in [0.1, 0.15) is 27.6 Å². The number of hydrogen-bond donors (Lipinski definition) is 0. The third kappa shape index (κ3) is 4.10. The zero-order valence-electron chi connectivity index (χ0n) is 10.6. The van der Waals surface area contributed by atoms with Crippen molar-refractivity contribution in [1.82, 2.24) is 0 Å². The summed E-state index contributed by atoms with van der Waals surface area (Å²) < 4.78 is 1.77. The second kappa shape index (κ2) is 6.95. The van der Waals surface area contributed by atoms with Crippen LogP contribution in [-0.2, 0) is 6.54 Å². The molecule has 0 aliphatic heterocycles. The summed E-state index contributed by atoms with van der Waals surface area (Å²) in [5.74, 6) is 0.0766. The maximum Gasteiger partial charge on any atom is 0.227 e. The lowest BCUT2D eigenvalue weighted by Crippen LogP contribution is -2.37. The number of aromatic nitrogens is 1. The largest absolute Gasteiger partial charge is 0.295 e. The van der Waals surface area contributed by atoms with Crippen LogP contribution in [0.3, 0.4) is 0 Å². The van der Waals surface area contributed by atoms with E-state index in [1.54, 1.807) is 41.2 Å². The van der Waals surface area contributed by atoms with Crippen LogP contribution in [0.15, 0.2) is 54.9 Å². The van der Waals surface area contributed by atoms with E-state index in [0.717, 1.165) is 0 Å². The quantitative estimate of drug-likeness (QED) is 0.641. The third-order valence-corrected chi connectivity index (χ3v) is 2.72. The Morgan fingerprint density at radius 1 is 0.947 bits per heavy atom. The van der Waals surface area contributed by atoms with E-state index in [0.29, 0.717) is 11.1 Å². The number of Topliss-reactive ketones (excluding diaryl/α,β-unsaturated/α-hetero) is 2. The Morgan fingerprint density at radius 3 is 2.05 bits per heavy atom. The average Bonchev–Trinajstić information content (AvgIpc) is 2.40. The molecule has 1 aromatic heterocycles. The van der Waals surface area contributed by atoms with E-state index in [1.165, 1.54) is 6.92 Å². The fourth-order valence-corrected chi connectivity index (χ4v) is 1.68. The number of halogens is 1. The Balaban J connectivity index is 0.00000180. The molecule has 0 saturated heterocycles. The summed E-state index contributed by atoms with van der Waals surface area (Å²) in [4.78, 5) is 23.1. The Hall–Kier alpha value is -1.81. The molecular weight excluding hydrogens is 306 g/mol. The molecule has 0 saturated carbocycles. The van der Waals surface area contributed by atoms with Gasteiger partial charge in [0.2, 0.25) is 12.3 Å². The fourth-order valence-electron chi connectivity index (χ4n) is 1.68. The Labute approximate surface area is 122 Å². The molecule has 3 nitrogen and oxygen atoms in total. The van der Waals surface area contributed by atoms with Gasteiger partial charge in [-0.3, -0.25) is 9.59 Å². The van der Waals surface area contributed by atoms with Gasteiger partial charge in [0.25, 0.3) is 0 Å². The van der Waals surface area contributed by atoms with Gasteiger partial charge < -0.3 is 0 Å². The van der Waals surface area contributed by atoms with Gasteiger partial charge in [-0.05, 0) is 6.92 Å². The fraction of sp³-hybridized carbons (Fsp3) is 0.133. The number of ketones is 2. The van der Waals surface area contributed by atoms with Crippen molar-refractivity contribution in [2.24, 2.45) is 0 Å². The highest BCUT2D eigenvalue weighted by Crippen LogP contribution is 2.00. The van der Waals surface area contributed by atoms with Gasteiger partial charge in [-0.2, -0.15) is 4.57 Å². The number of carbonyl (C=O) groups excluding carboxylic acids is 2. The maximum atomic E-state index is 11.9. The number of pyridine rings is 1. The standard InChI is InChI=1S/C15H14NO2.BrH/c1-12(17)13-7-9-16(10-8-13)11-15(18)14-5-3-2-4-6-14;/h2-10H,11H2,1H3;1H/q+1;. The van der Waals surface area contributed by atoms with Crippen molar-refractivity contribution in [2.75, 3.05) is 0 Å². The number of nitrogens with zero attached hydrogens (tertiary/aromatic N) is 1. The highest BCUT2D eigenvalue weighted by Gasteiger charge is 2.11. The number of hydrogen-bond acceptors (Lipinski definition) is 2. The van der Waals surface area contributed by atoms with Crippen LogP contribution >= 0.6 is 17.0 Å². The van der Waals surface area contributed by atoms with Gasteiger partial charge in [-0.15, -0.1) is 17.0 Å². The van der Waals surface area contributed by atoms with Crippen molar-refractivity contribution in [3.05, 3.63) is 66.0 Å². The van der Waals surface area contributed by atoms with Crippen molar-refractivity contribution in [1.29, 1.82) is 0 Å². The SMILES string of the molecule is Br.CC(=O)c1cc[n+](CC(=O)c2ccccc2)cc1. The minimum atomic E-state index is 0. The Kier molecular flexibility index (Phi) is 5.57. The molecule has 0 atom stereocenters. The molecule has 2 aromatic rings. The second-order valence-electron chi connectivity index (χ2n) is 4.10. The average molecular weight is 321 g/mol. The van der Waals surface area contributed by atoms with Crippen LogP contribution in [0, 0.1) is 0 Å². The number of rotatable bonds is 4. The molecule has 1 aromatic carbocycles. The Bertz CT molecular complexity index is 564. The van der Waals surface area contributed by atoms with E-state index in [9.17, 15) is 9.59 Å². The predicted molar refractivity (Wildman–Crippen MR) is 77.7 cm³/mol. The van der Waals surface area contributed by atoms with Crippen LogP contribution in [0.2, 0.25) is 0 Å². The molecule has 0 N–H and O–H groups in total. The molecular formula is C15H15BrNO2+. The normalized spacial score (nSPS) is 9.53. The molecule has 0 fully saturated rings. The molecule has 19 heavy (non-hydrogen) atoms. The smallest absolute Gasteiger partial charge is 0.227 e. The molecule has 98 valence electrons. The van der Waals surface area contributed by atoms with Gasteiger partial charge in [0.05, 0.1) is 0 Å². The first kappa shape index (κ1) is 15.2. The summed E-state index contributed by atoms with van der Waals surface area (Å²) in [6.07, 6.45) is 3.50. The monoisotopic (exact) mass is 320 g/mol. The summed E-state index contributed by atoms with van der Waals surface area (Å²) in [7, 11) is 0. The molecule has 4 heteroatoms. The predicted octanol–water partition coefficient (Wildman–Crippen LogP) is 2.64. The minimum absolute atomic E-state index is 0. The highest BCUT2D eigenvalue weighted by molar-refractivity contribution is 8.93.